The van der Waals surface area contributed by atoms with Gasteiger partial charge in [0.1, 0.15) is 4.83 Å². The lowest BCUT2D eigenvalue weighted by Crippen LogP contribution is -1.78. The zero-order chi connectivity index (χ0) is 11.1. The van der Waals surface area contributed by atoms with Crippen LogP contribution in [0.1, 0.15) is 5.69 Å². The molecule has 3 aromatic rings. The Morgan fingerprint density at radius 1 is 1.19 bits per heavy atom. The van der Waals surface area contributed by atoms with E-state index in [2.05, 4.69) is 0 Å². The smallest absolute Gasteiger partial charge is 0.159 e. The van der Waals surface area contributed by atoms with E-state index in [1.165, 1.54) is 0 Å². The van der Waals surface area contributed by atoms with Crippen LogP contribution in [0.2, 0.25) is 0 Å². The van der Waals surface area contributed by atoms with E-state index in [9.17, 15) is 5.11 Å². The quantitative estimate of drug-likeness (QED) is 0.676. The van der Waals surface area contributed by atoms with E-state index in [1.807, 2.05) is 53.2 Å². The first-order chi connectivity index (χ1) is 7.77. The number of benzene rings is 1. The second-order valence-corrected chi connectivity index (χ2v) is 4.67. The van der Waals surface area contributed by atoms with E-state index < -0.39 is 0 Å². The van der Waals surface area contributed by atoms with Crippen LogP contribution in [-0.4, -0.2) is 9.51 Å². The molecule has 0 fully saturated rings. The Labute approximate surface area is 97.4 Å². The zero-order valence-electron chi connectivity index (χ0n) is 8.84. The number of hydrogen-bond donors (Lipinski definition) is 1. The minimum Gasteiger partial charge on any atom is -0.504 e. The third-order valence-electron chi connectivity index (χ3n) is 2.74. The lowest BCUT2D eigenvalue weighted by molar-refractivity contribution is 0.484. The Kier molecular flexibility index (Phi) is 2.01. The molecule has 0 amide bonds. The molecule has 3 heteroatoms. The number of aromatic hydroxyl groups is 1. The summed E-state index contributed by atoms with van der Waals surface area (Å²) in [7, 11) is 0. The maximum Gasteiger partial charge on any atom is 0.159 e. The molecule has 0 aliphatic heterocycles. The van der Waals surface area contributed by atoms with E-state index in [-0.39, 0.29) is 0 Å². The van der Waals surface area contributed by atoms with Gasteiger partial charge in [-0.3, -0.25) is 0 Å². The van der Waals surface area contributed by atoms with Crippen LogP contribution in [0, 0.1) is 6.92 Å². The molecule has 0 saturated carbocycles. The summed E-state index contributed by atoms with van der Waals surface area (Å²) in [5.41, 5.74) is 3.10. The highest BCUT2D eigenvalue weighted by Crippen LogP contribution is 2.37. The normalized spacial score (nSPS) is 11.1. The van der Waals surface area contributed by atoms with Crippen molar-refractivity contribution in [2.24, 2.45) is 0 Å². The predicted molar refractivity (Wildman–Crippen MR) is 67.1 cm³/mol. The highest BCUT2D eigenvalue weighted by atomic mass is 32.1. The Bertz CT molecular complexity index is 637. The summed E-state index contributed by atoms with van der Waals surface area (Å²) < 4.78 is 2.03. The summed E-state index contributed by atoms with van der Waals surface area (Å²) in [6, 6.07) is 9.95. The fourth-order valence-electron chi connectivity index (χ4n) is 1.88. The van der Waals surface area contributed by atoms with Gasteiger partial charge in [-0.05, 0) is 12.5 Å². The molecule has 1 aromatic carbocycles. The van der Waals surface area contributed by atoms with Gasteiger partial charge in [-0.2, -0.15) is 0 Å². The summed E-state index contributed by atoms with van der Waals surface area (Å²) in [4.78, 5) is 0.913. The molecule has 2 heterocycles. The SMILES string of the molecule is Cc1csc2c(O)c(-c3ccccc3)cn12. The van der Waals surface area contributed by atoms with Crippen LogP contribution in [0.3, 0.4) is 0 Å². The van der Waals surface area contributed by atoms with Crippen LogP contribution in [0.5, 0.6) is 5.75 Å². The van der Waals surface area contributed by atoms with E-state index >= 15 is 0 Å². The third kappa shape index (κ3) is 1.25. The summed E-state index contributed by atoms with van der Waals surface area (Å²) in [5, 5.41) is 12.2. The van der Waals surface area contributed by atoms with Crippen molar-refractivity contribution in [2.45, 2.75) is 6.92 Å². The summed E-state index contributed by atoms with van der Waals surface area (Å²) in [6.07, 6.45) is 1.99. The van der Waals surface area contributed by atoms with Crippen molar-refractivity contribution in [3.8, 4) is 16.9 Å². The number of nitrogens with zero attached hydrogens (tertiary/aromatic N) is 1. The van der Waals surface area contributed by atoms with Crippen molar-refractivity contribution in [2.75, 3.05) is 0 Å². The topological polar surface area (TPSA) is 24.6 Å². The lowest BCUT2D eigenvalue weighted by atomic mass is 10.1. The van der Waals surface area contributed by atoms with Crippen molar-refractivity contribution >= 4 is 16.2 Å². The fourth-order valence-corrected chi connectivity index (χ4v) is 2.81. The number of aromatic nitrogens is 1. The van der Waals surface area contributed by atoms with Gasteiger partial charge >= 0.3 is 0 Å². The molecule has 0 aliphatic rings. The van der Waals surface area contributed by atoms with Crippen LogP contribution in [0.25, 0.3) is 16.0 Å². The van der Waals surface area contributed by atoms with Gasteiger partial charge in [0.25, 0.3) is 0 Å². The molecule has 0 spiro atoms. The second kappa shape index (κ2) is 3.39. The zero-order valence-corrected chi connectivity index (χ0v) is 9.66. The van der Waals surface area contributed by atoms with E-state index in [0.717, 1.165) is 21.7 Å². The minimum absolute atomic E-state index is 0.379. The maximum atomic E-state index is 10.1. The molecular weight excluding hydrogens is 218 g/mol. The molecule has 0 saturated heterocycles. The Balaban J connectivity index is 2.29. The Morgan fingerprint density at radius 2 is 1.94 bits per heavy atom. The van der Waals surface area contributed by atoms with Gasteiger partial charge in [0, 0.05) is 22.8 Å². The standard InChI is InChI=1S/C13H11NOS/c1-9-8-16-13-12(15)11(7-14(9)13)10-5-3-2-4-6-10/h2-8,15H,1H3. The molecule has 0 atom stereocenters. The van der Waals surface area contributed by atoms with Crippen molar-refractivity contribution < 1.29 is 5.11 Å². The van der Waals surface area contributed by atoms with Gasteiger partial charge in [-0.15, -0.1) is 11.3 Å². The molecule has 80 valence electrons. The molecule has 3 rings (SSSR count). The van der Waals surface area contributed by atoms with Crippen LogP contribution in [0.15, 0.2) is 41.9 Å². The fraction of sp³-hybridized carbons (Fsp3) is 0.0769. The van der Waals surface area contributed by atoms with Crippen LogP contribution in [-0.2, 0) is 0 Å². The van der Waals surface area contributed by atoms with E-state index in [4.69, 9.17) is 0 Å². The number of thiazole rings is 1. The molecule has 0 bridgehead atoms. The first-order valence-corrected chi connectivity index (χ1v) is 5.99. The summed E-state index contributed by atoms with van der Waals surface area (Å²) in [6.45, 7) is 2.04. The van der Waals surface area contributed by atoms with Crippen molar-refractivity contribution in [3.63, 3.8) is 0 Å². The van der Waals surface area contributed by atoms with Crippen LogP contribution >= 0.6 is 11.3 Å². The molecular formula is C13H11NOS. The summed E-state index contributed by atoms with van der Waals surface area (Å²) >= 11 is 1.57. The number of aryl methyl sites for hydroxylation is 1. The highest BCUT2D eigenvalue weighted by Gasteiger charge is 2.13. The number of fused-ring (bicyclic) bond motifs is 1. The van der Waals surface area contributed by atoms with Crippen molar-refractivity contribution in [3.05, 3.63) is 47.6 Å². The summed E-state index contributed by atoms with van der Waals surface area (Å²) in [5.74, 6) is 0.379. The van der Waals surface area contributed by atoms with Gasteiger partial charge in [-0.1, -0.05) is 30.3 Å². The molecule has 2 aromatic heterocycles. The Hall–Kier alpha value is -1.74. The average Bonchev–Trinajstić information content (AvgIpc) is 2.83. The van der Waals surface area contributed by atoms with Gasteiger partial charge in [0.05, 0.1) is 0 Å². The van der Waals surface area contributed by atoms with Crippen LogP contribution < -0.4 is 0 Å². The largest absolute Gasteiger partial charge is 0.504 e. The van der Waals surface area contributed by atoms with E-state index in [1.54, 1.807) is 11.3 Å². The molecule has 0 aliphatic carbocycles. The Morgan fingerprint density at radius 3 is 2.62 bits per heavy atom. The van der Waals surface area contributed by atoms with E-state index in [0.29, 0.717) is 5.75 Å². The predicted octanol–water partition coefficient (Wildman–Crippen LogP) is 3.68. The average molecular weight is 229 g/mol. The number of rotatable bonds is 1. The molecule has 1 N–H and O–H groups in total. The first-order valence-electron chi connectivity index (χ1n) is 5.11. The van der Waals surface area contributed by atoms with Gasteiger partial charge < -0.3 is 9.51 Å². The highest BCUT2D eigenvalue weighted by molar-refractivity contribution is 7.16. The van der Waals surface area contributed by atoms with Gasteiger partial charge in [0.15, 0.2) is 5.75 Å². The van der Waals surface area contributed by atoms with Gasteiger partial charge in [0.2, 0.25) is 0 Å². The number of hydrogen-bond acceptors (Lipinski definition) is 2. The van der Waals surface area contributed by atoms with Gasteiger partial charge in [-0.25, -0.2) is 0 Å². The monoisotopic (exact) mass is 229 g/mol. The first kappa shape index (κ1) is 9.48. The molecule has 16 heavy (non-hydrogen) atoms. The van der Waals surface area contributed by atoms with Crippen molar-refractivity contribution in [1.82, 2.24) is 4.40 Å². The molecule has 0 unspecified atom stereocenters. The van der Waals surface area contributed by atoms with Crippen LogP contribution in [0.4, 0.5) is 0 Å². The second-order valence-electron chi connectivity index (χ2n) is 3.81. The maximum absolute atomic E-state index is 10.1. The lowest BCUT2D eigenvalue weighted by Gasteiger charge is -1.97. The molecule has 2 nitrogen and oxygen atoms in total. The van der Waals surface area contributed by atoms with Crippen molar-refractivity contribution in [1.29, 1.82) is 0 Å². The third-order valence-corrected chi connectivity index (χ3v) is 3.81. The molecule has 0 radical (unpaired) electrons. The minimum atomic E-state index is 0.379.